The minimum atomic E-state index is -1.13. The van der Waals surface area contributed by atoms with Crippen molar-refractivity contribution >= 4 is 34.7 Å². The second-order valence-electron chi connectivity index (χ2n) is 4.81. The predicted octanol–water partition coefficient (Wildman–Crippen LogP) is 4.50. The van der Waals surface area contributed by atoms with Crippen molar-refractivity contribution in [1.29, 1.82) is 0 Å². The van der Waals surface area contributed by atoms with Crippen LogP contribution in [0.1, 0.15) is 25.3 Å². The van der Waals surface area contributed by atoms with E-state index >= 15 is 0 Å². The van der Waals surface area contributed by atoms with Crippen molar-refractivity contribution < 1.29 is 14.6 Å². The number of ketones is 1. The molecule has 112 valence electrons. The number of benzene rings is 1. The van der Waals surface area contributed by atoms with Crippen LogP contribution in [0.15, 0.2) is 42.0 Å². The summed E-state index contributed by atoms with van der Waals surface area (Å²) in [6.07, 6.45) is 3.88. The Morgan fingerprint density at radius 1 is 1.43 bits per heavy atom. The van der Waals surface area contributed by atoms with E-state index in [4.69, 9.17) is 27.9 Å². The monoisotopic (exact) mass is 326 g/mol. The molecule has 0 radical (unpaired) electrons. The van der Waals surface area contributed by atoms with Gasteiger partial charge in [-0.1, -0.05) is 42.3 Å². The minimum Gasteiger partial charge on any atom is -0.507 e. The number of carbonyl (C=O) groups is 1. The van der Waals surface area contributed by atoms with E-state index < -0.39 is 5.06 Å². The van der Waals surface area contributed by atoms with Crippen molar-refractivity contribution in [3.63, 3.8) is 0 Å². The third-order valence-electron chi connectivity index (χ3n) is 3.13. The Hall–Kier alpha value is -1.29. The molecule has 0 aliphatic heterocycles. The van der Waals surface area contributed by atoms with Gasteiger partial charge < -0.3 is 9.84 Å². The molecule has 0 saturated heterocycles. The second kappa shape index (κ2) is 6.65. The molecule has 1 aromatic carbocycles. The van der Waals surface area contributed by atoms with Crippen molar-refractivity contribution in [3.05, 3.63) is 52.6 Å². The van der Waals surface area contributed by atoms with E-state index in [1.807, 2.05) is 6.92 Å². The standard InChI is InChI=1S/C16H16Cl2O3/c1-2-9-21-16(18)8-7-12(14(19)10-16)15(20)11-5-3-4-6-13(11)17/h3-8,20H,2,9-10H2,1H3. The number of halogens is 2. The highest BCUT2D eigenvalue weighted by atomic mass is 35.5. The number of allylic oxidation sites excluding steroid dienone is 2. The molecule has 1 aromatic rings. The largest absolute Gasteiger partial charge is 0.507 e. The summed E-state index contributed by atoms with van der Waals surface area (Å²) in [4.78, 5) is 12.2. The number of aliphatic hydroxyl groups excluding tert-OH is 1. The lowest BCUT2D eigenvalue weighted by Crippen LogP contribution is -2.31. The van der Waals surface area contributed by atoms with Crippen molar-refractivity contribution in [2.24, 2.45) is 0 Å². The Morgan fingerprint density at radius 2 is 2.14 bits per heavy atom. The van der Waals surface area contributed by atoms with Crippen molar-refractivity contribution in [2.75, 3.05) is 6.61 Å². The van der Waals surface area contributed by atoms with E-state index in [2.05, 4.69) is 0 Å². The average Bonchev–Trinajstić information content (AvgIpc) is 2.45. The Bertz CT molecular complexity index is 607. The van der Waals surface area contributed by atoms with Gasteiger partial charge in [-0.25, -0.2) is 0 Å². The summed E-state index contributed by atoms with van der Waals surface area (Å²) >= 11 is 12.3. The Labute approximate surface area is 133 Å². The number of Topliss-reactive ketones (excluding diaryl/α,β-unsaturated/α-hetero) is 1. The Morgan fingerprint density at radius 3 is 2.76 bits per heavy atom. The lowest BCUT2D eigenvalue weighted by molar-refractivity contribution is -0.118. The molecule has 1 unspecified atom stereocenters. The summed E-state index contributed by atoms with van der Waals surface area (Å²) in [5, 5.41) is 9.54. The molecule has 0 saturated carbocycles. The van der Waals surface area contributed by atoms with Crippen LogP contribution < -0.4 is 0 Å². The number of alkyl halides is 1. The number of ether oxygens (including phenoxy) is 1. The maximum Gasteiger partial charge on any atom is 0.171 e. The zero-order valence-corrected chi connectivity index (χ0v) is 13.1. The molecule has 0 bridgehead atoms. The predicted molar refractivity (Wildman–Crippen MR) is 84.6 cm³/mol. The van der Waals surface area contributed by atoms with Gasteiger partial charge in [-0.05, 0) is 30.7 Å². The van der Waals surface area contributed by atoms with Crippen LogP contribution >= 0.6 is 23.2 Å². The number of hydrogen-bond acceptors (Lipinski definition) is 3. The van der Waals surface area contributed by atoms with Gasteiger partial charge in [-0.3, -0.25) is 4.79 Å². The van der Waals surface area contributed by atoms with Gasteiger partial charge in [0, 0.05) is 12.2 Å². The topological polar surface area (TPSA) is 46.5 Å². The van der Waals surface area contributed by atoms with Crippen LogP contribution in [-0.2, 0) is 9.53 Å². The average molecular weight is 327 g/mol. The smallest absolute Gasteiger partial charge is 0.171 e. The molecule has 0 fully saturated rings. The highest BCUT2D eigenvalue weighted by molar-refractivity contribution is 6.32. The third kappa shape index (κ3) is 3.67. The molecular weight excluding hydrogens is 311 g/mol. The molecule has 0 amide bonds. The van der Waals surface area contributed by atoms with Gasteiger partial charge in [0.2, 0.25) is 0 Å². The van der Waals surface area contributed by atoms with Crippen LogP contribution in [0.4, 0.5) is 0 Å². The van der Waals surface area contributed by atoms with Crippen LogP contribution in [-0.4, -0.2) is 22.6 Å². The number of carbonyl (C=O) groups excluding carboxylic acids is 1. The van der Waals surface area contributed by atoms with Crippen LogP contribution in [0.3, 0.4) is 0 Å². The first-order valence-corrected chi connectivity index (χ1v) is 7.46. The highest BCUT2D eigenvalue weighted by Crippen LogP contribution is 2.34. The van der Waals surface area contributed by atoms with E-state index in [-0.39, 0.29) is 23.5 Å². The molecule has 0 spiro atoms. The third-order valence-corrected chi connectivity index (χ3v) is 3.83. The number of aliphatic hydroxyl groups is 1. The maximum atomic E-state index is 12.2. The lowest BCUT2D eigenvalue weighted by atomic mass is 9.94. The fourth-order valence-electron chi connectivity index (χ4n) is 2.05. The molecule has 1 atom stereocenters. The van der Waals surface area contributed by atoms with E-state index in [9.17, 15) is 9.90 Å². The first-order chi connectivity index (χ1) is 9.97. The quantitative estimate of drug-likeness (QED) is 0.503. The van der Waals surface area contributed by atoms with Crippen LogP contribution in [0.25, 0.3) is 5.76 Å². The Kier molecular flexibility index (Phi) is 5.09. The first-order valence-electron chi connectivity index (χ1n) is 6.70. The fourth-order valence-corrected chi connectivity index (χ4v) is 2.54. The number of hydrogen-bond donors (Lipinski definition) is 1. The molecule has 2 rings (SSSR count). The van der Waals surface area contributed by atoms with E-state index in [1.54, 1.807) is 30.3 Å². The molecule has 5 heteroatoms. The Balaban J connectivity index is 2.34. The van der Waals surface area contributed by atoms with E-state index in [0.717, 1.165) is 6.42 Å². The summed E-state index contributed by atoms with van der Waals surface area (Å²) in [7, 11) is 0. The molecule has 1 aliphatic rings. The highest BCUT2D eigenvalue weighted by Gasteiger charge is 2.34. The molecule has 0 aromatic heterocycles. The molecular formula is C16H16Cl2O3. The van der Waals surface area contributed by atoms with E-state index in [0.29, 0.717) is 17.2 Å². The first kappa shape index (κ1) is 16.1. The van der Waals surface area contributed by atoms with Gasteiger partial charge in [0.25, 0.3) is 0 Å². The van der Waals surface area contributed by atoms with Gasteiger partial charge in [0.1, 0.15) is 5.76 Å². The second-order valence-corrected chi connectivity index (χ2v) is 5.86. The van der Waals surface area contributed by atoms with Crippen LogP contribution in [0.5, 0.6) is 0 Å². The molecule has 0 heterocycles. The SMILES string of the molecule is CCCOC1(Cl)C=CC(=C(O)c2ccccc2Cl)C(=O)C1. The lowest BCUT2D eigenvalue weighted by Gasteiger charge is -2.27. The van der Waals surface area contributed by atoms with Crippen LogP contribution in [0.2, 0.25) is 5.02 Å². The van der Waals surface area contributed by atoms with Crippen LogP contribution in [0, 0.1) is 0 Å². The summed E-state index contributed by atoms with van der Waals surface area (Å²) in [5.41, 5.74) is 0.614. The molecule has 1 N–H and O–H groups in total. The summed E-state index contributed by atoms with van der Waals surface area (Å²) in [6.45, 7) is 2.43. The van der Waals surface area contributed by atoms with Crippen molar-refractivity contribution in [3.8, 4) is 0 Å². The van der Waals surface area contributed by atoms with Gasteiger partial charge in [0.05, 0.1) is 17.0 Å². The summed E-state index contributed by atoms with van der Waals surface area (Å²) in [5.74, 6) is -0.419. The maximum absolute atomic E-state index is 12.2. The normalized spacial score (nSPS) is 24.2. The van der Waals surface area contributed by atoms with E-state index in [1.165, 1.54) is 6.08 Å². The minimum absolute atomic E-state index is 0.0189. The van der Waals surface area contributed by atoms with Crippen molar-refractivity contribution in [2.45, 2.75) is 24.8 Å². The van der Waals surface area contributed by atoms with Gasteiger partial charge >= 0.3 is 0 Å². The zero-order valence-electron chi connectivity index (χ0n) is 11.6. The van der Waals surface area contributed by atoms with Crippen molar-refractivity contribution in [1.82, 2.24) is 0 Å². The van der Waals surface area contributed by atoms with Gasteiger partial charge in [-0.15, -0.1) is 0 Å². The zero-order chi connectivity index (χ0) is 15.5. The fraction of sp³-hybridized carbons (Fsp3) is 0.312. The molecule has 1 aliphatic carbocycles. The van der Waals surface area contributed by atoms with Gasteiger partial charge in [-0.2, -0.15) is 0 Å². The molecule has 3 nitrogen and oxygen atoms in total. The van der Waals surface area contributed by atoms with Gasteiger partial charge in [0.15, 0.2) is 10.8 Å². The molecule has 21 heavy (non-hydrogen) atoms. The number of rotatable bonds is 4. The summed E-state index contributed by atoms with van der Waals surface area (Å²) < 4.78 is 5.48. The summed E-state index contributed by atoms with van der Waals surface area (Å²) in [6, 6.07) is 6.80.